The van der Waals surface area contributed by atoms with Gasteiger partial charge < -0.3 is 4.74 Å². The molecule has 1 atom stereocenters. The van der Waals surface area contributed by atoms with Gasteiger partial charge in [-0.15, -0.1) is 0 Å². The monoisotopic (exact) mass is 335 g/mol. The summed E-state index contributed by atoms with van der Waals surface area (Å²) in [4.78, 5) is 27.1. The molecule has 0 aliphatic carbocycles. The predicted molar refractivity (Wildman–Crippen MR) is 93.0 cm³/mol. The average Bonchev–Trinajstić information content (AvgIpc) is 3.03. The summed E-state index contributed by atoms with van der Waals surface area (Å²) in [6.07, 6.45) is -0.101. The van der Waals surface area contributed by atoms with Crippen LogP contribution in [0.15, 0.2) is 54.6 Å². The van der Waals surface area contributed by atoms with Gasteiger partial charge in [0.1, 0.15) is 12.3 Å². The molecular formula is C20H19N2O3+. The minimum absolute atomic E-state index is 0.269. The number of nitrogens with zero attached hydrogens (tertiary/aromatic N) is 2. The number of carbonyl (C=O) groups excluding carboxylic acids is 2. The molecule has 2 heterocycles. The second kappa shape index (κ2) is 6.16. The molecule has 2 aromatic carbocycles. The minimum atomic E-state index is -0.731. The van der Waals surface area contributed by atoms with Crippen LogP contribution in [-0.2, 0) is 11.2 Å². The van der Waals surface area contributed by atoms with E-state index in [1.54, 1.807) is 4.58 Å². The molecule has 126 valence electrons. The van der Waals surface area contributed by atoms with Crippen LogP contribution in [-0.4, -0.2) is 46.3 Å². The Kier molecular flexibility index (Phi) is 3.84. The number of hydrogen-bond donors (Lipinski definition) is 0. The zero-order chi connectivity index (χ0) is 17.4. The van der Waals surface area contributed by atoms with E-state index in [2.05, 4.69) is 0 Å². The fraction of sp³-hybridized carbons (Fsp3) is 0.250. The molecule has 2 aliphatic heterocycles. The Bertz CT molecular complexity index is 874. The van der Waals surface area contributed by atoms with Crippen molar-refractivity contribution in [3.05, 3.63) is 65.7 Å². The summed E-state index contributed by atoms with van der Waals surface area (Å²) in [5, 5.41) is 0. The molecule has 0 N–H and O–H groups in total. The SMILES string of the molecule is CC[N+]1=C2c3ccccc3OC2C(=O)N(CCc2ccccc2)C1=O. The molecule has 0 fully saturated rings. The van der Waals surface area contributed by atoms with Crippen LogP contribution in [0.1, 0.15) is 18.1 Å². The van der Waals surface area contributed by atoms with Gasteiger partial charge in [-0.25, -0.2) is 4.79 Å². The average molecular weight is 335 g/mol. The van der Waals surface area contributed by atoms with E-state index >= 15 is 0 Å². The number of urea groups is 1. The summed E-state index contributed by atoms with van der Waals surface area (Å²) >= 11 is 0. The summed E-state index contributed by atoms with van der Waals surface area (Å²) in [6, 6.07) is 17.1. The Morgan fingerprint density at radius 3 is 2.52 bits per heavy atom. The fourth-order valence-electron chi connectivity index (χ4n) is 3.44. The predicted octanol–water partition coefficient (Wildman–Crippen LogP) is 2.47. The van der Waals surface area contributed by atoms with Crippen molar-refractivity contribution in [2.45, 2.75) is 19.4 Å². The first-order valence-corrected chi connectivity index (χ1v) is 8.50. The summed E-state index contributed by atoms with van der Waals surface area (Å²) < 4.78 is 7.52. The maximum absolute atomic E-state index is 12.9. The molecule has 4 rings (SSSR count). The number of amides is 3. The Morgan fingerprint density at radius 1 is 1.04 bits per heavy atom. The molecule has 2 aliphatic rings. The first-order chi connectivity index (χ1) is 12.2. The van der Waals surface area contributed by atoms with Crippen LogP contribution < -0.4 is 4.74 Å². The fourth-order valence-corrected chi connectivity index (χ4v) is 3.44. The van der Waals surface area contributed by atoms with Gasteiger partial charge in [0.2, 0.25) is 0 Å². The highest BCUT2D eigenvalue weighted by atomic mass is 16.5. The number of para-hydroxylation sites is 1. The highest BCUT2D eigenvalue weighted by Gasteiger charge is 2.52. The smallest absolute Gasteiger partial charge is 0.469 e. The minimum Gasteiger partial charge on any atom is -0.469 e. The highest BCUT2D eigenvalue weighted by Crippen LogP contribution is 2.32. The molecule has 0 aromatic heterocycles. The van der Waals surface area contributed by atoms with Crippen molar-refractivity contribution < 1.29 is 18.9 Å². The van der Waals surface area contributed by atoms with Gasteiger partial charge in [-0.1, -0.05) is 42.5 Å². The van der Waals surface area contributed by atoms with E-state index in [-0.39, 0.29) is 11.9 Å². The van der Waals surface area contributed by atoms with Gasteiger partial charge in [0.15, 0.2) is 5.71 Å². The molecule has 0 spiro atoms. The van der Waals surface area contributed by atoms with Crippen LogP contribution >= 0.6 is 0 Å². The number of benzene rings is 2. The first-order valence-electron chi connectivity index (χ1n) is 8.50. The van der Waals surface area contributed by atoms with Crippen molar-refractivity contribution >= 4 is 17.6 Å². The van der Waals surface area contributed by atoms with E-state index in [0.717, 1.165) is 11.1 Å². The van der Waals surface area contributed by atoms with Gasteiger partial charge in [0, 0.05) is 6.42 Å². The molecule has 2 aromatic rings. The largest absolute Gasteiger partial charge is 0.501 e. The number of rotatable bonds is 4. The van der Waals surface area contributed by atoms with E-state index in [0.29, 0.717) is 31.0 Å². The number of imide groups is 1. The lowest BCUT2D eigenvalue weighted by atomic mass is 10.0. The second-order valence-corrected chi connectivity index (χ2v) is 6.13. The third-order valence-electron chi connectivity index (χ3n) is 4.68. The summed E-state index contributed by atoms with van der Waals surface area (Å²) in [5.41, 5.74) is 2.60. The van der Waals surface area contributed by atoms with Crippen molar-refractivity contribution in [2.75, 3.05) is 13.1 Å². The van der Waals surface area contributed by atoms with E-state index in [9.17, 15) is 9.59 Å². The van der Waals surface area contributed by atoms with Crippen LogP contribution in [0.25, 0.3) is 0 Å². The van der Waals surface area contributed by atoms with Crippen LogP contribution in [0.3, 0.4) is 0 Å². The van der Waals surface area contributed by atoms with Crippen LogP contribution in [0.2, 0.25) is 0 Å². The lowest BCUT2D eigenvalue weighted by Crippen LogP contribution is -2.58. The molecule has 0 radical (unpaired) electrons. The van der Waals surface area contributed by atoms with Gasteiger partial charge in [0.25, 0.3) is 6.10 Å². The molecule has 1 unspecified atom stereocenters. The maximum Gasteiger partial charge on any atom is 0.501 e. The second-order valence-electron chi connectivity index (χ2n) is 6.13. The number of carbonyl (C=O) groups is 2. The molecule has 25 heavy (non-hydrogen) atoms. The zero-order valence-electron chi connectivity index (χ0n) is 14.0. The Balaban J connectivity index is 1.66. The number of hydrogen-bond acceptors (Lipinski definition) is 3. The van der Waals surface area contributed by atoms with Crippen molar-refractivity contribution in [2.24, 2.45) is 0 Å². The topological polar surface area (TPSA) is 49.6 Å². The third-order valence-corrected chi connectivity index (χ3v) is 4.68. The van der Waals surface area contributed by atoms with Crippen molar-refractivity contribution in [1.29, 1.82) is 0 Å². The Morgan fingerprint density at radius 2 is 1.76 bits per heavy atom. The van der Waals surface area contributed by atoms with Gasteiger partial charge >= 0.3 is 11.9 Å². The van der Waals surface area contributed by atoms with Crippen LogP contribution in [0.4, 0.5) is 4.79 Å². The van der Waals surface area contributed by atoms with Gasteiger partial charge in [-0.05, 0) is 24.6 Å². The highest BCUT2D eigenvalue weighted by molar-refractivity contribution is 6.22. The molecule has 0 saturated carbocycles. The number of ether oxygens (including phenoxy) is 1. The van der Waals surface area contributed by atoms with Gasteiger partial charge in [-0.2, -0.15) is 14.3 Å². The van der Waals surface area contributed by atoms with Gasteiger partial charge in [-0.3, -0.25) is 0 Å². The van der Waals surface area contributed by atoms with E-state index in [4.69, 9.17) is 4.74 Å². The summed E-state index contributed by atoms with van der Waals surface area (Å²) in [6.45, 7) is 2.76. The normalized spacial score (nSPS) is 18.9. The zero-order valence-corrected chi connectivity index (χ0v) is 14.0. The van der Waals surface area contributed by atoms with Crippen molar-refractivity contribution in [3.8, 4) is 5.75 Å². The number of fused-ring (bicyclic) bond motifs is 3. The summed E-state index contributed by atoms with van der Waals surface area (Å²) in [5.74, 6) is 0.379. The molecule has 5 heteroatoms. The third kappa shape index (κ3) is 2.52. The van der Waals surface area contributed by atoms with Gasteiger partial charge in [0.05, 0.1) is 12.1 Å². The lowest BCUT2D eigenvalue weighted by molar-refractivity contribution is -0.436. The lowest BCUT2D eigenvalue weighted by Gasteiger charge is -2.23. The van der Waals surface area contributed by atoms with Crippen LogP contribution in [0.5, 0.6) is 5.75 Å². The van der Waals surface area contributed by atoms with E-state index in [1.165, 1.54) is 4.90 Å². The molecule has 5 nitrogen and oxygen atoms in total. The quantitative estimate of drug-likeness (QED) is 0.807. The Labute approximate surface area is 146 Å². The van der Waals surface area contributed by atoms with E-state index < -0.39 is 6.10 Å². The maximum atomic E-state index is 12.9. The molecule has 3 amide bonds. The first kappa shape index (κ1) is 15.6. The summed E-state index contributed by atoms with van der Waals surface area (Å²) in [7, 11) is 0. The molecule has 0 bridgehead atoms. The van der Waals surface area contributed by atoms with Crippen molar-refractivity contribution in [1.82, 2.24) is 4.90 Å². The Hall–Kier alpha value is -2.95. The molecular weight excluding hydrogens is 316 g/mol. The van der Waals surface area contributed by atoms with Crippen molar-refractivity contribution in [3.63, 3.8) is 0 Å². The van der Waals surface area contributed by atoms with Crippen LogP contribution in [0, 0.1) is 0 Å². The van der Waals surface area contributed by atoms with E-state index in [1.807, 2.05) is 61.5 Å². The standard InChI is InChI=1S/C20H19N2O3/c1-2-21-17-15-10-6-7-11-16(15)25-18(17)19(23)22(20(21)24)13-12-14-8-4-3-5-9-14/h3-11,18H,2,12-13H2,1H3/q+1. The molecule has 0 saturated heterocycles.